The third-order valence-corrected chi connectivity index (χ3v) is 1.58. The molecule has 110 valence electrons. The van der Waals surface area contributed by atoms with Crippen LogP contribution in [0.3, 0.4) is 0 Å². The Morgan fingerprint density at radius 3 is 2.17 bits per heavy atom. The minimum absolute atomic E-state index is 0. The first-order valence-corrected chi connectivity index (χ1v) is 4.75. The molecule has 8 heteroatoms. The van der Waals surface area contributed by atoms with E-state index in [2.05, 4.69) is 5.32 Å². The molecule has 0 rings (SSSR count). The van der Waals surface area contributed by atoms with Crippen LogP contribution in [-0.2, 0) is 30.7 Å². The summed E-state index contributed by atoms with van der Waals surface area (Å²) in [5.74, 6) is -0.439. The molecule has 1 atom stereocenters. The minimum atomic E-state index is -0.731. The number of allylic oxidation sites excluding steroid dienone is 1. The molecule has 0 aromatic heterocycles. The van der Waals surface area contributed by atoms with Crippen molar-refractivity contribution in [3.63, 3.8) is 0 Å². The molecule has 0 saturated carbocycles. The maximum Gasteiger partial charge on any atom is 2.00 e. The first-order chi connectivity index (χ1) is 6.91. The summed E-state index contributed by atoms with van der Waals surface area (Å²) in [6.45, 7) is 2.90. The van der Waals surface area contributed by atoms with E-state index in [1.807, 2.05) is 0 Å². The molecule has 7 nitrogen and oxygen atoms in total. The summed E-state index contributed by atoms with van der Waals surface area (Å²) >= 11 is 0. The molecular formula is C10H21N3O4Pt. The number of carbonyl (C=O) groups is 2. The zero-order valence-electron chi connectivity index (χ0n) is 10.5. The van der Waals surface area contributed by atoms with Gasteiger partial charge in [-0.25, -0.2) is 0 Å². The molecule has 0 bridgehead atoms. The number of ketones is 1. The number of hydrogen-bond donors (Lipinski definition) is 3. The number of aliphatic hydroxyl groups excluding tert-OH is 2. The summed E-state index contributed by atoms with van der Waals surface area (Å²) in [5.41, 5.74) is 0. The van der Waals surface area contributed by atoms with Crippen molar-refractivity contribution in [1.29, 1.82) is 0 Å². The van der Waals surface area contributed by atoms with Gasteiger partial charge in [-0.15, -0.1) is 0 Å². The van der Waals surface area contributed by atoms with Gasteiger partial charge in [-0.1, -0.05) is 0 Å². The number of carbonyl (C=O) groups excluding carboxylic acids is 2. The number of Topliss-reactive ketones (excluding diaryl/α,β-unsaturated/α-hetero) is 1. The van der Waals surface area contributed by atoms with Crippen molar-refractivity contribution in [2.75, 3.05) is 6.54 Å². The Hall–Kier alpha value is -0.752. The van der Waals surface area contributed by atoms with Crippen molar-refractivity contribution in [3.8, 4) is 0 Å². The Bertz CT molecular complexity index is 270. The van der Waals surface area contributed by atoms with E-state index in [9.17, 15) is 14.7 Å². The molecule has 0 aromatic carbocycles. The molecule has 0 fully saturated rings. The van der Waals surface area contributed by atoms with Crippen LogP contribution in [0.25, 0.3) is 12.3 Å². The number of aliphatic hydroxyl groups is 2. The van der Waals surface area contributed by atoms with Gasteiger partial charge in [0.2, 0.25) is 5.91 Å². The van der Waals surface area contributed by atoms with Gasteiger partial charge in [0.25, 0.3) is 0 Å². The fourth-order valence-electron chi connectivity index (χ4n) is 0.915. The summed E-state index contributed by atoms with van der Waals surface area (Å²) in [6, 6.07) is 0. The maximum absolute atomic E-state index is 11.1. The average Bonchev–Trinajstić information content (AvgIpc) is 2.10. The molecule has 1 amide bonds. The summed E-state index contributed by atoms with van der Waals surface area (Å²) < 4.78 is 0. The largest absolute Gasteiger partial charge is 2.00 e. The van der Waals surface area contributed by atoms with E-state index < -0.39 is 6.10 Å². The Balaban J connectivity index is -0.000000327. The number of rotatable bonds is 6. The standard InChI is InChI=1S/C10H17NO4.2H2N.Pt/c1-7(12)5-9(14)3-4-10(15)11-6-8(2)13;;;/h5,7,12,14H,3-4,6H2,1-2H3,(H,11,15);2*1H2;/q;2*-1;+2. The quantitative estimate of drug-likeness (QED) is 0.536. The van der Waals surface area contributed by atoms with E-state index in [4.69, 9.17) is 5.11 Å². The molecule has 1 unspecified atom stereocenters. The molecule has 0 aromatic rings. The van der Waals surface area contributed by atoms with Crippen LogP contribution in [-0.4, -0.2) is 34.6 Å². The summed E-state index contributed by atoms with van der Waals surface area (Å²) in [6.07, 6.45) is 0.792. The summed E-state index contributed by atoms with van der Waals surface area (Å²) in [7, 11) is 0. The minimum Gasteiger partial charge on any atom is -0.693 e. The molecule has 0 aliphatic heterocycles. The third-order valence-electron chi connectivity index (χ3n) is 1.58. The van der Waals surface area contributed by atoms with Crippen LogP contribution in [0, 0.1) is 0 Å². The van der Waals surface area contributed by atoms with Crippen LogP contribution in [0.1, 0.15) is 26.7 Å². The van der Waals surface area contributed by atoms with Crippen LogP contribution < -0.4 is 5.32 Å². The van der Waals surface area contributed by atoms with E-state index in [1.54, 1.807) is 0 Å². The predicted molar refractivity (Wildman–Crippen MR) is 65.9 cm³/mol. The van der Waals surface area contributed by atoms with Crippen molar-refractivity contribution in [3.05, 3.63) is 24.1 Å². The number of amides is 1. The second-order valence-electron chi connectivity index (χ2n) is 3.38. The zero-order valence-corrected chi connectivity index (χ0v) is 12.7. The predicted octanol–water partition coefficient (Wildman–Crippen LogP) is 1.73. The fraction of sp³-hybridized carbons (Fsp3) is 0.600. The van der Waals surface area contributed by atoms with Gasteiger partial charge in [0.1, 0.15) is 5.78 Å². The Labute approximate surface area is 121 Å². The molecular weight excluding hydrogens is 421 g/mol. The van der Waals surface area contributed by atoms with Gasteiger partial charge in [0, 0.05) is 12.8 Å². The summed E-state index contributed by atoms with van der Waals surface area (Å²) in [4.78, 5) is 21.6. The van der Waals surface area contributed by atoms with Gasteiger partial charge in [0.05, 0.1) is 18.4 Å². The molecule has 0 spiro atoms. The van der Waals surface area contributed by atoms with Crippen LogP contribution in [0.4, 0.5) is 0 Å². The van der Waals surface area contributed by atoms with Gasteiger partial charge in [0.15, 0.2) is 0 Å². The van der Waals surface area contributed by atoms with Gasteiger partial charge in [-0.05, 0) is 19.9 Å². The van der Waals surface area contributed by atoms with Gasteiger partial charge in [-0.2, -0.15) is 0 Å². The summed E-state index contributed by atoms with van der Waals surface area (Å²) in [5, 5.41) is 20.5. The second kappa shape index (κ2) is 14.3. The first kappa shape index (κ1) is 25.9. The molecule has 0 heterocycles. The monoisotopic (exact) mass is 442 g/mol. The zero-order chi connectivity index (χ0) is 11.8. The number of nitrogens with one attached hydrogen (secondary N) is 1. The van der Waals surface area contributed by atoms with Crippen molar-refractivity contribution in [1.82, 2.24) is 5.32 Å². The molecule has 0 aliphatic carbocycles. The van der Waals surface area contributed by atoms with E-state index in [0.717, 1.165) is 0 Å². The molecule has 0 saturated heterocycles. The van der Waals surface area contributed by atoms with Crippen molar-refractivity contribution in [2.45, 2.75) is 32.8 Å². The molecule has 7 N–H and O–H groups in total. The maximum atomic E-state index is 11.1. The van der Waals surface area contributed by atoms with Gasteiger partial charge < -0.3 is 27.8 Å². The normalized spacial score (nSPS) is 11.2. The van der Waals surface area contributed by atoms with Crippen LogP contribution >= 0.6 is 0 Å². The Morgan fingerprint density at radius 1 is 1.28 bits per heavy atom. The smallest absolute Gasteiger partial charge is 0.693 e. The average molecular weight is 442 g/mol. The topological polar surface area (TPSA) is 154 Å². The number of nitrogens with two attached hydrogens (primary N) is 2. The SMILES string of the molecule is CC(=O)CNC(=O)CCC(O)=CC(C)O.[NH2-].[NH2-].[Pt+2]. The fourth-order valence-corrected chi connectivity index (χ4v) is 0.915. The van der Waals surface area contributed by atoms with Crippen molar-refractivity contribution >= 4 is 11.7 Å². The Morgan fingerprint density at radius 2 is 1.78 bits per heavy atom. The number of hydrogen-bond acceptors (Lipinski definition) is 4. The molecule has 0 aliphatic rings. The van der Waals surface area contributed by atoms with Crippen molar-refractivity contribution in [2.24, 2.45) is 0 Å². The van der Waals surface area contributed by atoms with Crippen LogP contribution in [0.5, 0.6) is 0 Å². The van der Waals surface area contributed by atoms with Crippen LogP contribution in [0.15, 0.2) is 11.8 Å². The van der Waals surface area contributed by atoms with E-state index in [-0.39, 0.29) is 70.2 Å². The van der Waals surface area contributed by atoms with E-state index in [1.165, 1.54) is 19.9 Å². The van der Waals surface area contributed by atoms with Crippen molar-refractivity contribution < 1.29 is 40.9 Å². The van der Waals surface area contributed by atoms with E-state index >= 15 is 0 Å². The van der Waals surface area contributed by atoms with Gasteiger partial charge in [-0.3, -0.25) is 9.59 Å². The Kier molecular flexibility index (Phi) is 20.6. The first-order valence-electron chi connectivity index (χ1n) is 4.75. The molecule has 18 heavy (non-hydrogen) atoms. The van der Waals surface area contributed by atoms with Crippen LogP contribution in [0.2, 0.25) is 0 Å². The third kappa shape index (κ3) is 17.6. The van der Waals surface area contributed by atoms with E-state index in [0.29, 0.717) is 0 Å². The second-order valence-corrected chi connectivity index (χ2v) is 3.38. The molecule has 0 radical (unpaired) electrons. The van der Waals surface area contributed by atoms with Gasteiger partial charge >= 0.3 is 21.1 Å².